The number of aliphatic carboxylic acids is 1. The van der Waals surface area contributed by atoms with Gasteiger partial charge < -0.3 is 9.84 Å². The molecule has 0 spiro atoms. The van der Waals surface area contributed by atoms with Crippen LogP contribution < -0.4 is 4.74 Å². The Labute approximate surface area is 171 Å². The smallest absolute Gasteiger partial charge is 0.369 e. The quantitative estimate of drug-likeness (QED) is 0.294. The van der Waals surface area contributed by atoms with Gasteiger partial charge in [-0.15, -0.1) is 0 Å². The molecular weight excluding hydrogens is 464 g/mol. The maximum atomic E-state index is 11.8. The van der Waals surface area contributed by atoms with Crippen molar-refractivity contribution >= 4 is 87.2 Å². The summed E-state index contributed by atoms with van der Waals surface area (Å²) in [5.74, 6) is -1.59. The van der Waals surface area contributed by atoms with E-state index in [0.29, 0.717) is 5.02 Å². The molecule has 0 aliphatic carbocycles. The molecular formula is C14H5Cl7O3. The van der Waals surface area contributed by atoms with Crippen molar-refractivity contribution in [2.24, 2.45) is 0 Å². The van der Waals surface area contributed by atoms with Crippen LogP contribution in [0, 0.1) is 0 Å². The Balaban J connectivity index is 2.62. The second-order valence-corrected chi connectivity index (χ2v) is 7.34. The van der Waals surface area contributed by atoms with Crippen molar-refractivity contribution in [2.75, 3.05) is 0 Å². The minimum atomic E-state index is -2.45. The minimum Gasteiger partial charge on any atom is -0.477 e. The molecule has 2 aromatic carbocycles. The van der Waals surface area contributed by atoms with Gasteiger partial charge in [0.15, 0.2) is 0 Å². The molecule has 24 heavy (non-hydrogen) atoms. The standard InChI is InChI=1S/C14H5Cl7O3/c15-5-1-2-9(7(16)3-5)24-14(21,13(22)23)6-4-8(17)11(19)12(20)10(6)18/h1-4H,(H,22,23). The summed E-state index contributed by atoms with van der Waals surface area (Å²) in [6.07, 6.45) is 0. The van der Waals surface area contributed by atoms with Gasteiger partial charge in [0.2, 0.25) is 0 Å². The summed E-state index contributed by atoms with van der Waals surface area (Å²) < 4.78 is 5.40. The molecule has 0 heterocycles. The van der Waals surface area contributed by atoms with Gasteiger partial charge in [-0.1, -0.05) is 81.2 Å². The van der Waals surface area contributed by atoms with Crippen LogP contribution in [0.2, 0.25) is 30.1 Å². The molecule has 10 heteroatoms. The highest BCUT2D eigenvalue weighted by atomic mass is 35.5. The van der Waals surface area contributed by atoms with E-state index >= 15 is 0 Å². The van der Waals surface area contributed by atoms with Crippen molar-refractivity contribution in [3.8, 4) is 5.75 Å². The molecule has 0 saturated heterocycles. The van der Waals surface area contributed by atoms with Gasteiger partial charge in [0.05, 0.1) is 25.1 Å². The number of rotatable bonds is 4. The van der Waals surface area contributed by atoms with E-state index in [1.807, 2.05) is 0 Å². The molecule has 2 aromatic rings. The zero-order valence-corrected chi connectivity index (χ0v) is 16.5. The molecule has 0 radical (unpaired) electrons. The first-order chi connectivity index (χ1) is 11.1. The molecule has 1 atom stereocenters. The van der Waals surface area contributed by atoms with Crippen LogP contribution in [0.25, 0.3) is 0 Å². The van der Waals surface area contributed by atoms with Crippen LogP contribution in [0.4, 0.5) is 0 Å². The highest BCUT2D eigenvalue weighted by Crippen LogP contribution is 2.46. The number of carboxylic acids is 1. The Morgan fingerprint density at radius 3 is 2.08 bits per heavy atom. The molecule has 2 rings (SSSR count). The summed E-state index contributed by atoms with van der Waals surface area (Å²) in [7, 11) is 0. The van der Waals surface area contributed by atoms with Gasteiger partial charge in [-0.25, -0.2) is 4.79 Å². The average Bonchev–Trinajstić information content (AvgIpc) is 2.51. The Morgan fingerprint density at radius 1 is 0.917 bits per heavy atom. The van der Waals surface area contributed by atoms with Gasteiger partial charge in [0.1, 0.15) is 5.75 Å². The Bertz CT molecular complexity index is 825. The third-order valence-corrected chi connectivity index (χ3v) is 5.59. The molecule has 0 bridgehead atoms. The first-order valence-corrected chi connectivity index (χ1v) is 8.62. The van der Waals surface area contributed by atoms with Gasteiger partial charge in [0.25, 0.3) is 0 Å². The first kappa shape index (κ1) is 20.1. The topological polar surface area (TPSA) is 46.5 Å². The SMILES string of the molecule is O=C(O)C(Cl)(Oc1ccc(Cl)cc1Cl)c1cc(Cl)c(Cl)c(Cl)c1Cl. The molecule has 128 valence electrons. The maximum absolute atomic E-state index is 11.8. The lowest BCUT2D eigenvalue weighted by molar-refractivity contribution is -0.148. The maximum Gasteiger partial charge on any atom is 0.369 e. The van der Waals surface area contributed by atoms with E-state index in [2.05, 4.69) is 0 Å². The van der Waals surface area contributed by atoms with Gasteiger partial charge in [-0.3, -0.25) is 0 Å². The van der Waals surface area contributed by atoms with Crippen molar-refractivity contribution in [3.05, 3.63) is 60.0 Å². The lowest BCUT2D eigenvalue weighted by Crippen LogP contribution is -2.36. The fourth-order valence-electron chi connectivity index (χ4n) is 1.73. The van der Waals surface area contributed by atoms with E-state index in [1.54, 1.807) is 0 Å². The monoisotopic (exact) mass is 466 g/mol. The summed E-state index contributed by atoms with van der Waals surface area (Å²) in [6.45, 7) is 0. The molecule has 0 fully saturated rings. The second-order valence-electron chi connectivity index (χ2n) is 4.43. The number of hydrogen-bond donors (Lipinski definition) is 1. The molecule has 0 aliphatic heterocycles. The summed E-state index contributed by atoms with van der Waals surface area (Å²) in [5.41, 5.74) is -0.205. The van der Waals surface area contributed by atoms with E-state index < -0.39 is 11.0 Å². The summed E-state index contributed by atoms with van der Waals surface area (Å²) in [5, 5.41) is 7.04. The van der Waals surface area contributed by atoms with Crippen molar-refractivity contribution in [1.82, 2.24) is 0 Å². The second kappa shape index (κ2) is 7.55. The zero-order valence-electron chi connectivity index (χ0n) is 11.2. The predicted octanol–water partition coefficient (Wildman–Crippen LogP) is 7.16. The lowest BCUT2D eigenvalue weighted by atomic mass is 10.1. The Kier molecular flexibility index (Phi) is 6.31. The number of carbonyl (C=O) groups is 1. The average molecular weight is 469 g/mol. The van der Waals surface area contributed by atoms with Crippen LogP contribution in [0.3, 0.4) is 0 Å². The van der Waals surface area contributed by atoms with Crippen molar-refractivity contribution in [1.29, 1.82) is 0 Å². The van der Waals surface area contributed by atoms with Crippen molar-refractivity contribution in [3.63, 3.8) is 0 Å². The fraction of sp³-hybridized carbons (Fsp3) is 0.0714. The van der Waals surface area contributed by atoms with E-state index in [1.165, 1.54) is 18.2 Å². The minimum absolute atomic E-state index is 0.0308. The van der Waals surface area contributed by atoms with Gasteiger partial charge >= 0.3 is 11.0 Å². The Morgan fingerprint density at radius 2 is 1.54 bits per heavy atom. The van der Waals surface area contributed by atoms with Gasteiger partial charge in [-0.05, 0) is 24.3 Å². The van der Waals surface area contributed by atoms with Gasteiger partial charge in [0, 0.05) is 10.6 Å². The highest BCUT2D eigenvalue weighted by Gasteiger charge is 2.44. The number of benzene rings is 2. The number of alkyl halides is 1. The first-order valence-electron chi connectivity index (χ1n) is 5.97. The normalized spacial score (nSPS) is 13.5. The molecule has 3 nitrogen and oxygen atoms in total. The molecule has 1 unspecified atom stereocenters. The van der Waals surface area contributed by atoms with Crippen molar-refractivity contribution in [2.45, 2.75) is 5.06 Å². The summed E-state index contributed by atoms with van der Waals surface area (Å²) >= 11 is 41.8. The van der Waals surface area contributed by atoms with E-state index in [9.17, 15) is 9.90 Å². The third kappa shape index (κ3) is 3.78. The van der Waals surface area contributed by atoms with Crippen molar-refractivity contribution < 1.29 is 14.6 Å². The molecule has 0 aromatic heterocycles. The van der Waals surface area contributed by atoms with Crippen LogP contribution in [-0.2, 0) is 9.85 Å². The number of ether oxygens (including phenoxy) is 1. The number of halogens is 7. The summed E-state index contributed by atoms with van der Waals surface area (Å²) in [6, 6.07) is 5.33. The molecule has 1 N–H and O–H groups in total. The van der Waals surface area contributed by atoms with Crippen LogP contribution >= 0.6 is 81.2 Å². The van der Waals surface area contributed by atoms with Gasteiger partial charge in [-0.2, -0.15) is 0 Å². The fourth-order valence-corrected chi connectivity index (χ4v) is 3.39. The van der Waals surface area contributed by atoms with Crippen LogP contribution in [-0.4, -0.2) is 11.1 Å². The van der Waals surface area contributed by atoms with Crippen LogP contribution in [0.5, 0.6) is 5.75 Å². The summed E-state index contributed by atoms with van der Waals surface area (Å²) in [4.78, 5) is 11.8. The highest BCUT2D eigenvalue weighted by molar-refractivity contribution is 6.52. The number of hydrogen-bond acceptors (Lipinski definition) is 2. The molecule has 0 amide bonds. The van der Waals surface area contributed by atoms with E-state index in [0.717, 1.165) is 6.07 Å². The van der Waals surface area contributed by atoms with Crippen LogP contribution in [0.1, 0.15) is 5.56 Å². The molecule has 0 aliphatic rings. The predicted molar refractivity (Wildman–Crippen MR) is 98.7 cm³/mol. The largest absolute Gasteiger partial charge is 0.477 e. The Hall–Kier alpha value is -0.260. The number of carboxylic acid groups (broad SMARTS) is 1. The van der Waals surface area contributed by atoms with E-state index in [-0.39, 0.29) is 36.4 Å². The molecule has 0 saturated carbocycles. The lowest BCUT2D eigenvalue weighted by Gasteiger charge is -2.26. The zero-order chi connectivity index (χ0) is 18.2. The van der Waals surface area contributed by atoms with E-state index in [4.69, 9.17) is 85.9 Å². The third-order valence-electron chi connectivity index (χ3n) is 2.87. The van der Waals surface area contributed by atoms with Crippen LogP contribution in [0.15, 0.2) is 24.3 Å².